The van der Waals surface area contributed by atoms with E-state index in [9.17, 15) is 5.26 Å². The molecule has 0 bridgehead atoms. The lowest BCUT2D eigenvalue weighted by molar-refractivity contribution is 0.671. The molecule has 0 aliphatic carbocycles. The molecule has 0 fully saturated rings. The lowest BCUT2D eigenvalue weighted by Crippen LogP contribution is -1.99. The number of fused-ring (bicyclic) bond motifs is 10. The Morgan fingerprint density at radius 3 is 1.79 bits per heavy atom. The molecule has 3 aromatic heterocycles. The van der Waals surface area contributed by atoms with Gasteiger partial charge >= 0.3 is 0 Å². The van der Waals surface area contributed by atoms with Crippen LogP contribution in [0.2, 0.25) is 0 Å². The molecule has 4 nitrogen and oxygen atoms in total. The minimum Gasteiger partial charge on any atom is -0.454 e. The molecule has 10 aromatic rings. The SMILES string of the molecule is N#Cc1ccc(-c2cccc(-n3c4ccccc4c4ccccc43)c2)cc1-n1c2ccccc2c2ccc3c4ccccc4oc3c21. The number of para-hydroxylation sites is 4. The van der Waals surface area contributed by atoms with E-state index in [-0.39, 0.29) is 0 Å². The summed E-state index contributed by atoms with van der Waals surface area (Å²) in [7, 11) is 0. The molecule has 0 amide bonds. The second-order valence-corrected chi connectivity index (χ2v) is 12.1. The second-order valence-electron chi connectivity index (χ2n) is 12.1. The van der Waals surface area contributed by atoms with Crippen LogP contribution < -0.4 is 0 Å². The summed E-state index contributed by atoms with van der Waals surface area (Å²) in [4.78, 5) is 0. The van der Waals surface area contributed by atoms with Gasteiger partial charge in [0.25, 0.3) is 0 Å². The summed E-state index contributed by atoms with van der Waals surface area (Å²) in [6, 6.07) is 55.3. The number of benzene rings is 7. The fourth-order valence-electron chi connectivity index (χ4n) is 7.50. The molecular formula is C43H25N3O. The zero-order valence-corrected chi connectivity index (χ0v) is 25.2. The molecule has 218 valence electrons. The van der Waals surface area contributed by atoms with Crippen LogP contribution in [0.5, 0.6) is 0 Å². The summed E-state index contributed by atoms with van der Waals surface area (Å²) in [5.74, 6) is 0. The van der Waals surface area contributed by atoms with Crippen LogP contribution in [0.15, 0.2) is 156 Å². The van der Waals surface area contributed by atoms with Crippen LogP contribution in [-0.4, -0.2) is 9.13 Å². The molecule has 4 heteroatoms. The van der Waals surface area contributed by atoms with E-state index in [1.807, 2.05) is 24.3 Å². The molecule has 47 heavy (non-hydrogen) atoms. The van der Waals surface area contributed by atoms with E-state index in [4.69, 9.17) is 4.42 Å². The van der Waals surface area contributed by atoms with Gasteiger partial charge in [-0.2, -0.15) is 5.26 Å². The van der Waals surface area contributed by atoms with E-state index in [2.05, 4.69) is 143 Å². The molecule has 0 saturated carbocycles. The minimum absolute atomic E-state index is 0.600. The molecule has 0 spiro atoms. The highest BCUT2D eigenvalue weighted by Gasteiger charge is 2.21. The summed E-state index contributed by atoms with van der Waals surface area (Å²) >= 11 is 0. The largest absolute Gasteiger partial charge is 0.454 e. The van der Waals surface area contributed by atoms with Gasteiger partial charge in [-0.3, -0.25) is 0 Å². The summed E-state index contributed by atoms with van der Waals surface area (Å²) in [5, 5.41) is 17.3. The van der Waals surface area contributed by atoms with Gasteiger partial charge in [0.1, 0.15) is 11.7 Å². The van der Waals surface area contributed by atoms with Gasteiger partial charge in [-0.1, -0.05) is 97.1 Å². The number of nitriles is 1. The topological polar surface area (TPSA) is 46.8 Å². The van der Waals surface area contributed by atoms with Crippen molar-refractivity contribution < 1.29 is 4.42 Å². The van der Waals surface area contributed by atoms with Gasteiger partial charge in [-0.25, -0.2) is 0 Å². The lowest BCUT2D eigenvalue weighted by atomic mass is 10.0. The van der Waals surface area contributed by atoms with Crippen LogP contribution in [0, 0.1) is 11.3 Å². The zero-order valence-electron chi connectivity index (χ0n) is 25.2. The molecule has 10 rings (SSSR count). The zero-order chi connectivity index (χ0) is 31.1. The number of aromatic nitrogens is 2. The maximum absolute atomic E-state index is 10.4. The summed E-state index contributed by atoms with van der Waals surface area (Å²) < 4.78 is 11.1. The quantitative estimate of drug-likeness (QED) is 0.203. The second kappa shape index (κ2) is 9.71. The van der Waals surface area contributed by atoms with Crippen molar-refractivity contribution in [2.45, 2.75) is 0 Å². The number of hydrogen-bond donors (Lipinski definition) is 0. The fraction of sp³-hybridized carbons (Fsp3) is 0. The van der Waals surface area contributed by atoms with Crippen molar-refractivity contribution in [1.82, 2.24) is 9.13 Å². The molecule has 3 heterocycles. The predicted molar refractivity (Wildman–Crippen MR) is 193 cm³/mol. The van der Waals surface area contributed by atoms with Crippen molar-refractivity contribution in [2.75, 3.05) is 0 Å². The van der Waals surface area contributed by atoms with E-state index >= 15 is 0 Å². The van der Waals surface area contributed by atoms with Crippen molar-refractivity contribution in [3.63, 3.8) is 0 Å². The summed E-state index contributed by atoms with van der Waals surface area (Å²) in [6.45, 7) is 0. The van der Waals surface area contributed by atoms with Crippen LogP contribution in [0.3, 0.4) is 0 Å². The molecule has 0 unspecified atom stereocenters. The number of nitrogens with zero attached hydrogens (tertiary/aromatic N) is 3. The molecule has 0 N–H and O–H groups in total. The minimum atomic E-state index is 0.600. The first-order chi connectivity index (χ1) is 23.3. The molecule has 7 aromatic carbocycles. The van der Waals surface area contributed by atoms with Crippen LogP contribution in [0.25, 0.3) is 88.1 Å². The first-order valence-corrected chi connectivity index (χ1v) is 15.8. The summed E-state index contributed by atoms with van der Waals surface area (Å²) in [5.41, 5.74) is 10.6. The van der Waals surface area contributed by atoms with Crippen molar-refractivity contribution in [2.24, 2.45) is 0 Å². The predicted octanol–water partition coefficient (Wildman–Crippen LogP) is 11.3. The smallest absolute Gasteiger partial charge is 0.160 e. The van der Waals surface area contributed by atoms with Crippen LogP contribution in [0.4, 0.5) is 0 Å². The highest BCUT2D eigenvalue weighted by molar-refractivity contribution is 6.21. The van der Waals surface area contributed by atoms with Crippen LogP contribution >= 0.6 is 0 Å². The fourth-order valence-corrected chi connectivity index (χ4v) is 7.50. The Labute approximate surface area is 269 Å². The Balaban J connectivity index is 1.23. The van der Waals surface area contributed by atoms with E-state index in [1.54, 1.807) is 0 Å². The van der Waals surface area contributed by atoms with Crippen molar-refractivity contribution >= 4 is 65.6 Å². The number of furan rings is 1. The number of rotatable bonds is 3. The highest BCUT2D eigenvalue weighted by atomic mass is 16.3. The van der Waals surface area contributed by atoms with E-state index in [0.29, 0.717) is 5.56 Å². The maximum Gasteiger partial charge on any atom is 0.160 e. The first-order valence-electron chi connectivity index (χ1n) is 15.8. The van der Waals surface area contributed by atoms with Gasteiger partial charge in [0, 0.05) is 38.0 Å². The summed E-state index contributed by atoms with van der Waals surface area (Å²) in [6.07, 6.45) is 0. The van der Waals surface area contributed by atoms with E-state index < -0.39 is 0 Å². The third-order valence-electron chi connectivity index (χ3n) is 9.56. The maximum atomic E-state index is 10.4. The Bertz CT molecular complexity index is 2880. The van der Waals surface area contributed by atoms with Gasteiger partial charge in [-0.05, 0) is 65.7 Å². The van der Waals surface area contributed by atoms with Crippen molar-refractivity contribution in [3.8, 4) is 28.6 Å². The Morgan fingerprint density at radius 1 is 0.468 bits per heavy atom. The standard InChI is InChI=1S/C43H25N3O/c44-26-29-21-20-28(27-10-9-11-30(24-27)45-37-16-5-1-12-31(37)32-13-2-6-17-38(32)45)25-40(29)46-39-18-7-3-14-33(39)35-22-23-36-34-15-4-8-19-41(34)47-43(36)42(35)46/h1-25H. The van der Waals surface area contributed by atoms with E-state index in [0.717, 1.165) is 66.2 Å². The molecule has 0 radical (unpaired) electrons. The average molecular weight is 600 g/mol. The molecular weight excluding hydrogens is 574 g/mol. The van der Waals surface area contributed by atoms with Crippen LogP contribution in [-0.2, 0) is 0 Å². The normalized spacial score (nSPS) is 11.8. The van der Waals surface area contributed by atoms with Crippen molar-refractivity contribution in [3.05, 3.63) is 157 Å². The molecule has 0 aliphatic heterocycles. The van der Waals surface area contributed by atoms with Gasteiger partial charge in [-0.15, -0.1) is 0 Å². The third kappa shape index (κ3) is 3.63. The Kier molecular flexibility index (Phi) is 5.32. The van der Waals surface area contributed by atoms with Crippen molar-refractivity contribution in [1.29, 1.82) is 5.26 Å². The van der Waals surface area contributed by atoms with Crippen LogP contribution in [0.1, 0.15) is 5.56 Å². The monoisotopic (exact) mass is 599 g/mol. The highest BCUT2D eigenvalue weighted by Crippen LogP contribution is 2.41. The van der Waals surface area contributed by atoms with Gasteiger partial charge in [0.2, 0.25) is 0 Å². The first kappa shape index (κ1) is 25.7. The molecule has 0 saturated heterocycles. The van der Waals surface area contributed by atoms with Gasteiger partial charge < -0.3 is 13.6 Å². The lowest BCUT2D eigenvalue weighted by Gasteiger charge is -2.14. The van der Waals surface area contributed by atoms with Gasteiger partial charge in [0.15, 0.2) is 5.58 Å². The molecule has 0 atom stereocenters. The average Bonchev–Trinajstić information content (AvgIpc) is 3.79. The Hall–Kier alpha value is -6.57. The van der Waals surface area contributed by atoms with E-state index in [1.165, 1.54) is 21.8 Å². The number of hydrogen-bond acceptors (Lipinski definition) is 2. The molecule has 0 aliphatic rings. The Morgan fingerprint density at radius 2 is 1.06 bits per heavy atom. The third-order valence-corrected chi connectivity index (χ3v) is 9.56. The van der Waals surface area contributed by atoms with Gasteiger partial charge in [0.05, 0.1) is 33.3 Å².